The highest BCUT2D eigenvalue weighted by atomic mass is 19.1. The maximum absolute atomic E-state index is 12.7. The van der Waals surface area contributed by atoms with Gasteiger partial charge in [-0.2, -0.15) is 0 Å². The first-order valence-electron chi connectivity index (χ1n) is 3.21. The zero-order valence-corrected chi connectivity index (χ0v) is 5.76. The molecule has 0 radical (unpaired) electrons. The second kappa shape index (κ2) is 2.34. The zero-order chi connectivity index (χ0) is 6.85. The highest BCUT2D eigenvalue weighted by Gasteiger charge is 2.12. The molecule has 1 aliphatic carbocycles. The van der Waals surface area contributed by atoms with Crippen LogP contribution in [0, 0.1) is 5.92 Å². The molecule has 0 saturated carbocycles. The minimum atomic E-state index is -0.769. The van der Waals surface area contributed by atoms with Crippen molar-refractivity contribution in [1.29, 1.82) is 0 Å². The first-order chi connectivity index (χ1) is 4.20. The fourth-order valence-electron chi connectivity index (χ4n) is 0.868. The predicted molar refractivity (Wildman–Crippen MR) is 37.0 cm³/mol. The average Bonchev–Trinajstić information content (AvgIpc) is 1.80. The SMILES string of the molecule is CC1=C[C@@H](F)C(C)C=C1. The van der Waals surface area contributed by atoms with Crippen LogP contribution in [0.5, 0.6) is 0 Å². The molecule has 1 heteroatoms. The van der Waals surface area contributed by atoms with Crippen molar-refractivity contribution in [3.63, 3.8) is 0 Å². The zero-order valence-electron chi connectivity index (χ0n) is 5.76. The molecule has 1 aliphatic rings. The van der Waals surface area contributed by atoms with E-state index in [1.807, 2.05) is 26.0 Å². The summed E-state index contributed by atoms with van der Waals surface area (Å²) in [6.45, 7) is 3.79. The van der Waals surface area contributed by atoms with E-state index in [1.165, 1.54) is 0 Å². The molecule has 1 rings (SSSR count). The molecule has 0 amide bonds. The lowest BCUT2D eigenvalue weighted by Crippen LogP contribution is -2.10. The van der Waals surface area contributed by atoms with Crippen LogP contribution >= 0.6 is 0 Å². The van der Waals surface area contributed by atoms with Crippen molar-refractivity contribution in [3.05, 3.63) is 23.8 Å². The lowest BCUT2D eigenvalue weighted by Gasteiger charge is -2.13. The van der Waals surface area contributed by atoms with Crippen molar-refractivity contribution in [2.75, 3.05) is 0 Å². The van der Waals surface area contributed by atoms with Crippen molar-refractivity contribution >= 4 is 0 Å². The first-order valence-corrected chi connectivity index (χ1v) is 3.21. The van der Waals surface area contributed by atoms with Gasteiger partial charge < -0.3 is 0 Å². The molecular formula is C8H11F. The molecule has 2 atom stereocenters. The molecular weight excluding hydrogens is 115 g/mol. The van der Waals surface area contributed by atoms with Gasteiger partial charge in [-0.3, -0.25) is 0 Å². The van der Waals surface area contributed by atoms with E-state index in [0.29, 0.717) is 0 Å². The van der Waals surface area contributed by atoms with Crippen LogP contribution in [0.25, 0.3) is 0 Å². The maximum Gasteiger partial charge on any atom is 0.125 e. The molecule has 0 nitrogen and oxygen atoms in total. The number of alkyl halides is 1. The van der Waals surface area contributed by atoms with E-state index in [1.54, 1.807) is 6.08 Å². The molecule has 1 unspecified atom stereocenters. The van der Waals surface area contributed by atoms with Crippen molar-refractivity contribution in [3.8, 4) is 0 Å². The molecule has 0 aromatic heterocycles. The van der Waals surface area contributed by atoms with Crippen LogP contribution in [0.15, 0.2) is 23.8 Å². The van der Waals surface area contributed by atoms with Crippen molar-refractivity contribution in [1.82, 2.24) is 0 Å². The topological polar surface area (TPSA) is 0 Å². The summed E-state index contributed by atoms with van der Waals surface area (Å²) in [6.07, 6.45) is 4.75. The third-order valence-electron chi connectivity index (χ3n) is 1.59. The number of halogens is 1. The van der Waals surface area contributed by atoms with E-state index >= 15 is 0 Å². The molecule has 0 fully saturated rings. The smallest absolute Gasteiger partial charge is 0.125 e. The average molecular weight is 126 g/mol. The fraction of sp³-hybridized carbons (Fsp3) is 0.500. The van der Waals surface area contributed by atoms with Gasteiger partial charge in [-0.15, -0.1) is 0 Å². The Morgan fingerprint density at radius 2 is 2.22 bits per heavy atom. The highest BCUT2D eigenvalue weighted by molar-refractivity contribution is 5.23. The Labute approximate surface area is 55.1 Å². The van der Waals surface area contributed by atoms with Gasteiger partial charge >= 0.3 is 0 Å². The van der Waals surface area contributed by atoms with Crippen LogP contribution in [-0.4, -0.2) is 6.17 Å². The quantitative estimate of drug-likeness (QED) is 0.467. The summed E-state index contributed by atoms with van der Waals surface area (Å²) in [7, 11) is 0. The molecule has 0 aliphatic heterocycles. The second-order valence-electron chi connectivity index (χ2n) is 2.57. The minimum absolute atomic E-state index is 0.0636. The Morgan fingerprint density at radius 1 is 1.56 bits per heavy atom. The van der Waals surface area contributed by atoms with Gasteiger partial charge in [-0.1, -0.05) is 24.6 Å². The van der Waals surface area contributed by atoms with Crippen LogP contribution in [0.4, 0.5) is 4.39 Å². The molecule has 0 heterocycles. The number of rotatable bonds is 0. The summed E-state index contributed by atoms with van der Waals surface area (Å²) in [5.74, 6) is 0.0636. The van der Waals surface area contributed by atoms with Crippen LogP contribution in [0.3, 0.4) is 0 Å². The molecule has 0 aromatic rings. The third-order valence-corrected chi connectivity index (χ3v) is 1.59. The van der Waals surface area contributed by atoms with Gasteiger partial charge in [-0.25, -0.2) is 4.39 Å². The Kier molecular flexibility index (Phi) is 1.70. The van der Waals surface area contributed by atoms with Crippen LogP contribution in [0.1, 0.15) is 13.8 Å². The number of hydrogen-bond donors (Lipinski definition) is 0. The second-order valence-corrected chi connectivity index (χ2v) is 2.57. The number of hydrogen-bond acceptors (Lipinski definition) is 0. The fourth-order valence-corrected chi connectivity index (χ4v) is 0.868. The van der Waals surface area contributed by atoms with E-state index in [9.17, 15) is 4.39 Å². The highest BCUT2D eigenvalue weighted by Crippen LogP contribution is 2.18. The summed E-state index contributed by atoms with van der Waals surface area (Å²) >= 11 is 0. The third kappa shape index (κ3) is 1.41. The molecule has 0 bridgehead atoms. The summed E-state index contributed by atoms with van der Waals surface area (Å²) in [6, 6.07) is 0. The molecule has 0 aromatic carbocycles. The van der Waals surface area contributed by atoms with E-state index in [0.717, 1.165) is 5.57 Å². The van der Waals surface area contributed by atoms with Crippen LogP contribution < -0.4 is 0 Å². The lowest BCUT2D eigenvalue weighted by atomic mass is 9.98. The van der Waals surface area contributed by atoms with E-state index < -0.39 is 6.17 Å². The van der Waals surface area contributed by atoms with Gasteiger partial charge in [0.05, 0.1) is 0 Å². The van der Waals surface area contributed by atoms with Crippen LogP contribution in [0.2, 0.25) is 0 Å². The van der Waals surface area contributed by atoms with E-state index in [2.05, 4.69) is 0 Å². The summed E-state index contributed by atoms with van der Waals surface area (Å²) in [5, 5.41) is 0. The summed E-state index contributed by atoms with van der Waals surface area (Å²) < 4.78 is 12.7. The van der Waals surface area contributed by atoms with Gasteiger partial charge in [-0.05, 0) is 13.0 Å². The van der Waals surface area contributed by atoms with Crippen LogP contribution in [-0.2, 0) is 0 Å². The van der Waals surface area contributed by atoms with E-state index in [4.69, 9.17) is 0 Å². The van der Waals surface area contributed by atoms with Gasteiger partial charge in [0, 0.05) is 5.92 Å². The molecule has 9 heavy (non-hydrogen) atoms. The summed E-state index contributed by atoms with van der Waals surface area (Å²) in [5.41, 5.74) is 1.03. The van der Waals surface area contributed by atoms with Gasteiger partial charge in [0.2, 0.25) is 0 Å². The van der Waals surface area contributed by atoms with Gasteiger partial charge in [0.15, 0.2) is 0 Å². The Balaban J connectivity index is 2.70. The molecule has 0 spiro atoms. The molecule has 50 valence electrons. The predicted octanol–water partition coefficient (Wildman–Crippen LogP) is 2.48. The Morgan fingerprint density at radius 3 is 2.67 bits per heavy atom. The Hall–Kier alpha value is -0.590. The van der Waals surface area contributed by atoms with Crippen molar-refractivity contribution in [2.45, 2.75) is 20.0 Å². The molecule has 0 saturated heterocycles. The largest absolute Gasteiger partial charge is 0.242 e. The maximum atomic E-state index is 12.7. The van der Waals surface area contributed by atoms with Crippen molar-refractivity contribution in [2.24, 2.45) is 5.92 Å². The lowest BCUT2D eigenvalue weighted by molar-refractivity contribution is 0.332. The van der Waals surface area contributed by atoms with Crippen molar-refractivity contribution < 1.29 is 4.39 Å². The minimum Gasteiger partial charge on any atom is -0.242 e. The normalized spacial score (nSPS) is 34.3. The first kappa shape index (κ1) is 6.53. The molecule has 0 N–H and O–H groups in total. The van der Waals surface area contributed by atoms with Gasteiger partial charge in [0.1, 0.15) is 6.17 Å². The monoisotopic (exact) mass is 126 g/mol. The van der Waals surface area contributed by atoms with Gasteiger partial charge in [0.25, 0.3) is 0 Å². The standard InChI is InChI=1S/C8H11F/c1-6-3-4-7(2)8(9)5-6/h3-5,7-8H,1-2H3/t7?,8-/m1/s1. The van der Waals surface area contributed by atoms with E-state index in [-0.39, 0.29) is 5.92 Å². The Bertz CT molecular complexity index is 156. The summed E-state index contributed by atoms with van der Waals surface area (Å²) in [4.78, 5) is 0. The number of allylic oxidation sites excluding steroid dienone is 4.